The van der Waals surface area contributed by atoms with Crippen molar-refractivity contribution in [1.29, 1.82) is 0 Å². The number of nitrogens with zero attached hydrogens (tertiary/aromatic N) is 1. The zero-order valence-electron chi connectivity index (χ0n) is 14.2. The molecule has 138 valence electrons. The molecule has 0 saturated heterocycles. The van der Waals surface area contributed by atoms with E-state index in [4.69, 9.17) is 4.74 Å². The number of carbonyl (C=O) groups is 2. The molecule has 1 fully saturated rings. The molecule has 1 aliphatic carbocycles. The molecule has 0 bridgehead atoms. The van der Waals surface area contributed by atoms with Crippen molar-refractivity contribution in [3.05, 3.63) is 17.0 Å². The fourth-order valence-electron chi connectivity index (χ4n) is 3.08. The Morgan fingerprint density at radius 2 is 2.12 bits per heavy atom. The minimum atomic E-state index is -2.71. The second-order valence-corrected chi connectivity index (χ2v) is 7.00. The molecule has 0 spiro atoms. The summed E-state index contributed by atoms with van der Waals surface area (Å²) in [6.45, 7) is 4.21. The third-order valence-electron chi connectivity index (χ3n) is 4.45. The lowest BCUT2D eigenvalue weighted by Gasteiger charge is -2.34. The molecule has 9 heteroatoms. The second-order valence-electron chi connectivity index (χ2n) is 7.00. The number of hydrogen-bond donors (Lipinski definition) is 3. The quantitative estimate of drug-likeness (QED) is 0.737. The van der Waals surface area contributed by atoms with Gasteiger partial charge in [0.1, 0.15) is 0 Å². The normalized spacial score (nSPS) is 22.2. The zero-order valence-corrected chi connectivity index (χ0v) is 14.2. The molecule has 1 atom stereocenters. The number of rotatable bonds is 5. The number of aromatic nitrogens is 2. The number of nitrogens with one attached hydrogen (secondary N) is 3. The fourth-order valence-corrected chi connectivity index (χ4v) is 3.08. The van der Waals surface area contributed by atoms with Gasteiger partial charge in [0.05, 0.1) is 18.4 Å². The van der Waals surface area contributed by atoms with Crippen molar-refractivity contribution in [2.75, 3.05) is 6.54 Å². The number of alkyl halides is 2. The Bertz CT molecular complexity index is 666. The summed E-state index contributed by atoms with van der Waals surface area (Å²) in [6.07, 6.45) is -0.681. The number of amides is 2. The summed E-state index contributed by atoms with van der Waals surface area (Å²) in [5, 5.41) is 12.3. The molecule has 1 saturated carbocycles. The van der Waals surface area contributed by atoms with Crippen molar-refractivity contribution in [3.63, 3.8) is 0 Å². The van der Waals surface area contributed by atoms with Gasteiger partial charge in [-0.2, -0.15) is 5.10 Å². The van der Waals surface area contributed by atoms with E-state index in [-0.39, 0.29) is 37.1 Å². The van der Waals surface area contributed by atoms with Crippen LogP contribution in [0.1, 0.15) is 48.4 Å². The van der Waals surface area contributed by atoms with Crippen LogP contribution in [-0.4, -0.2) is 46.6 Å². The van der Waals surface area contributed by atoms with Crippen LogP contribution in [0.15, 0.2) is 0 Å². The Balaban J connectivity index is 1.55. The van der Waals surface area contributed by atoms with E-state index < -0.39 is 24.7 Å². The van der Waals surface area contributed by atoms with Gasteiger partial charge in [-0.05, 0) is 13.8 Å². The van der Waals surface area contributed by atoms with Crippen LogP contribution in [0, 0.1) is 5.92 Å². The van der Waals surface area contributed by atoms with Crippen molar-refractivity contribution in [2.45, 2.75) is 57.8 Å². The molecule has 3 N–H and O–H groups in total. The van der Waals surface area contributed by atoms with E-state index in [1.807, 2.05) is 13.8 Å². The van der Waals surface area contributed by atoms with Crippen molar-refractivity contribution in [1.82, 2.24) is 20.8 Å². The van der Waals surface area contributed by atoms with Crippen LogP contribution in [0.4, 0.5) is 8.78 Å². The molecule has 0 radical (unpaired) electrons. The van der Waals surface area contributed by atoms with Crippen LogP contribution >= 0.6 is 0 Å². The predicted octanol–water partition coefficient (Wildman–Crippen LogP) is 1.15. The zero-order chi connectivity index (χ0) is 18.2. The van der Waals surface area contributed by atoms with Crippen LogP contribution in [0.5, 0.6) is 0 Å². The van der Waals surface area contributed by atoms with Gasteiger partial charge in [-0.15, -0.1) is 0 Å². The van der Waals surface area contributed by atoms with Gasteiger partial charge in [0.15, 0.2) is 5.69 Å². The molecule has 25 heavy (non-hydrogen) atoms. The third-order valence-corrected chi connectivity index (χ3v) is 4.45. The highest BCUT2D eigenvalue weighted by Gasteiger charge is 2.48. The highest BCUT2D eigenvalue weighted by Crippen LogP contribution is 2.42. The number of carbonyl (C=O) groups excluding carboxylic acids is 2. The van der Waals surface area contributed by atoms with E-state index in [1.165, 1.54) is 0 Å². The first-order valence-electron chi connectivity index (χ1n) is 8.39. The Kier molecular flexibility index (Phi) is 4.77. The van der Waals surface area contributed by atoms with Crippen molar-refractivity contribution < 1.29 is 23.1 Å². The molecule has 1 aliphatic heterocycles. The van der Waals surface area contributed by atoms with Gasteiger partial charge >= 0.3 is 0 Å². The molecule has 2 aliphatic rings. The minimum absolute atomic E-state index is 0.00428. The van der Waals surface area contributed by atoms with Gasteiger partial charge in [0.2, 0.25) is 11.8 Å². The Morgan fingerprint density at radius 1 is 1.40 bits per heavy atom. The van der Waals surface area contributed by atoms with Gasteiger partial charge in [-0.3, -0.25) is 14.7 Å². The Morgan fingerprint density at radius 3 is 2.76 bits per heavy atom. The average molecular weight is 356 g/mol. The smallest absolute Gasteiger partial charge is 0.272 e. The average Bonchev–Trinajstić information content (AvgIpc) is 2.92. The maximum Gasteiger partial charge on any atom is 0.272 e. The molecular formula is C16H22F2N4O3. The lowest BCUT2D eigenvalue weighted by Crippen LogP contribution is -2.47. The van der Waals surface area contributed by atoms with E-state index in [0.717, 1.165) is 11.3 Å². The van der Waals surface area contributed by atoms with Gasteiger partial charge in [-0.1, -0.05) is 0 Å². The summed E-state index contributed by atoms with van der Waals surface area (Å²) in [4.78, 5) is 24.0. The van der Waals surface area contributed by atoms with Crippen LogP contribution in [0.25, 0.3) is 0 Å². The second kappa shape index (κ2) is 6.70. The summed E-state index contributed by atoms with van der Waals surface area (Å²) >= 11 is 0. The molecule has 1 aromatic rings. The lowest BCUT2D eigenvalue weighted by atomic mass is 9.81. The van der Waals surface area contributed by atoms with Gasteiger partial charge in [0, 0.05) is 43.3 Å². The standard InChI is InChI=1S/C16H22F2N4O3/c1-8(2)20-15(24)13-11-3-10(25-7-12(11)21-22-13)6-19-14(23)9-4-16(17,18)5-9/h8-10H,3-7H2,1-2H3,(H,19,23)(H,20,24)(H,21,22). The number of ether oxygens (including phenoxy) is 1. The first-order chi connectivity index (χ1) is 11.7. The maximum atomic E-state index is 12.8. The number of aromatic amines is 1. The topological polar surface area (TPSA) is 96.1 Å². The van der Waals surface area contributed by atoms with Gasteiger partial charge < -0.3 is 15.4 Å². The molecule has 2 heterocycles. The fraction of sp³-hybridized carbons (Fsp3) is 0.688. The third kappa shape index (κ3) is 3.97. The summed E-state index contributed by atoms with van der Waals surface area (Å²) in [5.41, 5.74) is 1.86. The van der Waals surface area contributed by atoms with E-state index in [0.29, 0.717) is 12.1 Å². The van der Waals surface area contributed by atoms with Gasteiger partial charge in [0.25, 0.3) is 5.91 Å². The Hall–Kier alpha value is -2.03. The molecular weight excluding hydrogens is 334 g/mol. The first-order valence-corrected chi connectivity index (χ1v) is 8.39. The van der Waals surface area contributed by atoms with Crippen LogP contribution in [0.3, 0.4) is 0 Å². The number of hydrogen-bond acceptors (Lipinski definition) is 4. The minimum Gasteiger partial charge on any atom is -0.370 e. The summed E-state index contributed by atoms with van der Waals surface area (Å²) in [6, 6.07) is -0.00428. The summed E-state index contributed by atoms with van der Waals surface area (Å²) < 4.78 is 31.3. The van der Waals surface area contributed by atoms with Crippen molar-refractivity contribution in [2.24, 2.45) is 5.92 Å². The summed E-state index contributed by atoms with van der Waals surface area (Å²) in [7, 11) is 0. The SMILES string of the molecule is CC(C)NC(=O)c1n[nH]c2c1CC(CNC(=O)C1CC(F)(F)C1)OC2. The summed E-state index contributed by atoms with van der Waals surface area (Å²) in [5.74, 6) is -3.97. The molecule has 1 aromatic heterocycles. The maximum absolute atomic E-state index is 12.8. The highest BCUT2D eigenvalue weighted by molar-refractivity contribution is 5.94. The first kappa shape index (κ1) is 17.8. The molecule has 7 nitrogen and oxygen atoms in total. The number of halogens is 2. The van der Waals surface area contributed by atoms with Crippen molar-refractivity contribution >= 4 is 11.8 Å². The van der Waals surface area contributed by atoms with E-state index >= 15 is 0 Å². The van der Waals surface area contributed by atoms with Crippen LogP contribution < -0.4 is 10.6 Å². The van der Waals surface area contributed by atoms with E-state index in [1.54, 1.807) is 0 Å². The Labute approximate surface area is 143 Å². The number of H-pyrrole nitrogens is 1. The number of fused-ring (bicyclic) bond motifs is 1. The highest BCUT2D eigenvalue weighted by atomic mass is 19.3. The van der Waals surface area contributed by atoms with E-state index in [2.05, 4.69) is 20.8 Å². The lowest BCUT2D eigenvalue weighted by molar-refractivity contribution is -0.150. The van der Waals surface area contributed by atoms with Crippen LogP contribution in [0.2, 0.25) is 0 Å². The molecule has 2 amide bonds. The van der Waals surface area contributed by atoms with E-state index in [9.17, 15) is 18.4 Å². The van der Waals surface area contributed by atoms with Crippen LogP contribution in [-0.2, 0) is 22.6 Å². The predicted molar refractivity (Wildman–Crippen MR) is 84.2 cm³/mol. The van der Waals surface area contributed by atoms with Crippen molar-refractivity contribution in [3.8, 4) is 0 Å². The van der Waals surface area contributed by atoms with Gasteiger partial charge in [-0.25, -0.2) is 8.78 Å². The monoisotopic (exact) mass is 356 g/mol. The molecule has 0 aromatic carbocycles. The largest absolute Gasteiger partial charge is 0.370 e. The molecule has 1 unspecified atom stereocenters. The molecule has 3 rings (SSSR count).